The molecule has 1 saturated heterocycles. The van der Waals surface area contributed by atoms with Crippen LogP contribution in [0, 0.1) is 0 Å². The van der Waals surface area contributed by atoms with E-state index >= 15 is 0 Å². The monoisotopic (exact) mass is 296 g/mol. The maximum absolute atomic E-state index is 12.4. The standard InChI is InChI=1S/C14H24N4O3/c1-4-6-7-10-18(14(21)17(3)15-5-2)11-8-9-12(19)16-13(11)20/h6-7,11,15H,4-5,8-10H2,1-3H3,(H,16,19,20)/b7-6-. The molecule has 0 bridgehead atoms. The van der Waals surface area contributed by atoms with Crippen molar-refractivity contribution >= 4 is 17.8 Å². The van der Waals surface area contributed by atoms with Gasteiger partial charge in [0.25, 0.3) is 0 Å². The lowest BCUT2D eigenvalue weighted by atomic mass is 10.0. The lowest BCUT2D eigenvalue weighted by Crippen LogP contribution is -2.58. The number of imide groups is 1. The second kappa shape index (κ2) is 8.41. The van der Waals surface area contributed by atoms with E-state index in [0.29, 0.717) is 19.5 Å². The molecule has 1 unspecified atom stereocenters. The molecular weight excluding hydrogens is 272 g/mol. The van der Waals surface area contributed by atoms with Gasteiger partial charge >= 0.3 is 6.03 Å². The molecule has 0 spiro atoms. The molecule has 0 aromatic carbocycles. The molecule has 0 radical (unpaired) electrons. The van der Waals surface area contributed by atoms with Gasteiger partial charge < -0.3 is 4.90 Å². The minimum atomic E-state index is -0.613. The van der Waals surface area contributed by atoms with E-state index in [9.17, 15) is 14.4 Å². The summed E-state index contributed by atoms with van der Waals surface area (Å²) in [6.07, 6.45) is 5.28. The van der Waals surface area contributed by atoms with Gasteiger partial charge in [0, 0.05) is 26.6 Å². The van der Waals surface area contributed by atoms with Crippen LogP contribution >= 0.6 is 0 Å². The molecule has 0 aromatic rings. The maximum atomic E-state index is 12.4. The SMILES string of the molecule is CC/C=C\CN(C(=O)N(C)NCC)C1CCC(=O)NC1=O. The fraction of sp³-hybridized carbons (Fsp3) is 0.643. The number of hydrogen-bond acceptors (Lipinski definition) is 4. The van der Waals surface area contributed by atoms with E-state index in [-0.39, 0.29) is 18.4 Å². The van der Waals surface area contributed by atoms with Crippen LogP contribution in [0.25, 0.3) is 0 Å². The van der Waals surface area contributed by atoms with Crippen molar-refractivity contribution in [3.8, 4) is 0 Å². The molecule has 7 nitrogen and oxygen atoms in total. The zero-order valence-electron chi connectivity index (χ0n) is 12.9. The van der Waals surface area contributed by atoms with E-state index in [1.807, 2.05) is 26.0 Å². The number of nitrogens with one attached hydrogen (secondary N) is 2. The molecule has 1 heterocycles. The zero-order valence-corrected chi connectivity index (χ0v) is 12.9. The lowest BCUT2D eigenvalue weighted by Gasteiger charge is -2.34. The summed E-state index contributed by atoms with van der Waals surface area (Å²) in [5.41, 5.74) is 2.90. The third-order valence-corrected chi connectivity index (χ3v) is 3.22. The van der Waals surface area contributed by atoms with Crippen molar-refractivity contribution in [1.82, 2.24) is 20.7 Å². The van der Waals surface area contributed by atoms with Gasteiger partial charge in [0.1, 0.15) is 6.04 Å². The number of hydrogen-bond donors (Lipinski definition) is 2. The number of rotatable bonds is 6. The molecule has 7 heteroatoms. The van der Waals surface area contributed by atoms with E-state index < -0.39 is 11.9 Å². The van der Waals surface area contributed by atoms with Crippen molar-refractivity contribution in [3.05, 3.63) is 12.2 Å². The van der Waals surface area contributed by atoms with E-state index in [1.54, 1.807) is 7.05 Å². The highest BCUT2D eigenvalue weighted by atomic mass is 16.2. The number of carbonyl (C=O) groups is 3. The van der Waals surface area contributed by atoms with Crippen LogP contribution in [0.1, 0.15) is 33.1 Å². The van der Waals surface area contributed by atoms with E-state index in [2.05, 4.69) is 10.7 Å². The van der Waals surface area contributed by atoms with Crippen LogP contribution in [0.15, 0.2) is 12.2 Å². The summed E-state index contributed by atoms with van der Waals surface area (Å²) in [5, 5.41) is 3.66. The molecule has 1 rings (SSSR count). The number of urea groups is 1. The molecule has 118 valence electrons. The molecule has 0 saturated carbocycles. The van der Waals surface area contributed by atoms with Gasteiger partial charge in [0.05, 0.1) is 0 Å². The Morgan fingerprint density at radius 2 is 2.10 bits per heavy atom. The van der Waals surface area contributed by atoms with Crippen LogP contribution in [0.3, 0.4) is 0 Å². The molecule has 21 heavy (non-hydrogen) atoms. The van der Waals surface area contributed by atoms with Crippen LogP contribution in [0.2, 0.25) is 0 Å². The number of piperidine rings is 1. The van der Waals surface area contributed by atoms with E-state index in [0.717, 1.165) is 6.42 Å². The van der Waals surface area contributed by atoms with Gasteiger partial charge in [0.15, 0.2) is 0 Å². The maximum Gasteiger partial charge on any atom is 0.335 e. The fourth-order valence-electron chi connectivity index (χ4n) is 2.17. The van der Waals surface area contributed by atoms with Crippen LogP contribution in [-0.4, -0.2) is 53.9 Å². The first kappa shape index (κ1) is 17.2. The van der Waals surface area contributed by atoms with E-state index in [4.69, 9.17) is 0 Å². The normalized spacial score (nSPS) is 18.7. The van der Waals surface area contributed by atoms with Gasteiger partial charge in [-0.1, -0.05) is 26.0 Å². The Morgan fingerprint density at radius 1 is 1.38 bits per heavy atom. The summed E-state index contributed by atoms with van der Waals surface area (Å²) in [7, 11) is 1.62. The predicted octanol–water partition coefficient (Wildman–Crippen LogP) is 0.636. The van der Waals surface area contributed by atoms with Crippen molar-refractivity contribution in [1.29, 1.82) is 0 Å². The Labute approximate surface area is 125 Å². The lowest BCUT2D eigenvalue weighted by molar-refractivity contribution is -0.136. The second-order valence-corrected chi connectivity index (χ2v) is 4.85. The minimum Gasteiger partial charge on any atom is -0.308 e. The topological polar surface area (TPSA) is 81.8 Å². The molecule has 0 aliphatic carbocycles. The molecule has 1 atom stereocenters. The molecule has 1 aliphatic rings. The second-order valence-electron chi connectivity index (χ2n) is 4.85. The van der Waals surface area contributed by atoms with Crippen LogP contribution in [0.5, 0.6) is 0 Å². The first-order valence-corrected chi connectivity index (χ1v) is 7.27. The first-order chi connectivity index (χ1) is 10.0. The molecule has 0 aromatic heterocycles. The molecule has 1 fully saturated rings. The Morgan fingerprint density at radius 3 is 2.67 bits per heavy atom. The fourth-order valence-corrected chi connectivity index (χ4v) is 2.17. The summed E-state index contributed by atoms with van der Waals surface area (Å²) in [4.78, 5) is 37.1. The van der Waals surface area contributed by atoms with Crippen molar-refractivity contribution < 1.29 is 14.4 Å². The summed E-state index contributed by atoms with van der Waals surface area (Å²) < 4.78 is 0. The summed E-state index contributed by atoms with van der Waals surface area (Å²) >= 11 is 0. The first-order valence-electron chi connectivity index (χ1n) is 7.27. The van der Waals surface area contributed by atoms with Crippen molar-refractivity contribution in [3.63, 3.8) is 0 Å². The van der Waals surface area contributed by atoms with Gasteiger partial charge in [-0.3, -0.25) is 19.9 Å². The van der Waals surface area contributed by atoms with Gasteiger partial charge in [-0.15, -0.1) is 0 Å². The predicted molar refractivity (Wildman–Crippen MR) is 79.1 cm³/mol. The van der Waals surface area contributed by atoms with Crippen molar-refractivity contribution in [2.45, 2.75) is 39.2 Å². The molecule has 4 amide bonds. The quantitative estimate of drug-likeness (QED) is 0.428. The zero-order chi connectivity index (χ0) is 15.8. The smallest absolute Gasteiger partial charge is 0.308 e. The third-order valence-electron chi connectivity index (χ3n) is 3.22. The third kappa shape index (κ3) is 4.86. The number of amides is 4. The molecular formula is C14H24N4O3. The number of allylic oxidation sites excluding steroid dienone is 1. The van der Waals surface area contributed by atoms with Crippen molar-refractivity contribution in [2.75, 3.05) is 20.1 Å². The molecule has 1 aliphatic heterocycles. The minimum absolute atomic E-state index is 0.253. The highest BCUT2D eigenvalue weighted by molar-refractivity contribution is 6.01. The highest BCUT2D eigenvalue weighted by Gasteiger charge is 2.34. The van der Waals surface area contributed by atoms with Gasteiger partial charge in [-0.25, -0.2) is 10.2 Å². The van der Waals surface area contributed by atoms with Gasteiger partial charge in [0.2, 0.25) is 11.8 Å². The Kier molecular flexibility index (Phi) is 6.87. The number of carbonyl (C=O) groups excluding carboxylic acids is 3. The largest absolute Gasteiger partial charge is 0.335 e. The summed E-state index contributed by atoms with van der Waals surface area (Å²) in [5.74, 6) is -0.692. The Hall–Kier alpha value is -1.89. The summed E-state index contributed by atoms with van der Waals surface area (Å²) in [6, 6.07) is -0.898. The molecule has 2 N–H and O–H groups in total. The van der Waals surface area contributed by atoms with Gasteiger partial charge in [-0.2, -0.15) is 0 Å². The van der Waals surface area contributed by atoms with E-state index in [1.165, 1.54) is 9.91 Å². The van der Waals surface area contributed by atoms with Crippen LogP contribution < -0.4 is 10.7 Å². The Balaban J connectivity index is 2.85. The van der Waals surface area contributed by atoms with Crippen LogP contribution in [-0.2, 0) is 9.59 Å². The average molecular weight is 296 g/mol. The number of hydrazine groups is 1. The van der Waals surface area contributed by atoms with Gasteiger partial charge in [-0.05, 0) is 12.8 Å². The Bertz CT molecular complexity index is 422. The van der Waals surface area contributed by atoms with Crippen LogP contribution in [0.4, 0.5) is 4.79 Å². The average Bonchev–Trinajstić information content (AvgIpc) is 2.44. The van der Waals surface area contributed by atoms with Crippen molar-refractivity contribution in [2.24, 2.45) is 0 Å². The highest BCUT2D eigenvalue weighted by Crippen LogP contribution is 2.14. The number of nitrogens with zero attached hydrogens (tertiary/aromatic N) is 2. The summed E-state index contributed by atoms with van der Waals surface area (Å²) in [6.45, 7) is 4.83.